The van der Waals surface area contributed by atoms with Crippen LogP contribution in [-0.2, 0) is 13.1 Å². The van der Waals surface area contributed by atoms with Crippen LogP contribution in [0, 0.1) is 0 Å². The molecule has 2 N–H and O–H groups in total. The van der Waals surface area contributed by atoms with Crippen molar-refractivity contribution in [1.29, 1.82) is 0 Å². The first-order chi connectivity index (χ1) is 12.8. The van der Waals surface area contributed by atoms with Crippen molar-refractivity contribution in [2.24, 2.45) is 0 Å². The van der Waals surface area contributed by atoms with E-state index >= 15 is 0 Å². The molecule has 1 fully saturated rings. The second-order valence-corrected chi connectivity index (χ2v) is 6.44. The van der Waals surface area contributed by atoms with Crippen molar-refractivity contribution in [1.82, 2.24) is 19.5 Å². The van der Waals surface area contributed by atoms with Crippen LogP contribution in [0.4, 0.5) is 11.8 Å². The molecule has 1 aromatic carbocycles. The lowest BCUT2D eigenvalue weighted by atomic mass is 10.2. The van der Waals surface area contributed by atoms with E-state index in [-0.39, 0.29) is 6.10 Å². The summed E-state index contributed by atoms with van der Waals surface area (Å²) in [5, 5.41) is 13.0. The van der Waals surface area contributed by atoms with Crippen LogP contribution < -0.4 is 10.2 Å². The van der Waals surface area contributed by atoms with Gasteiger partial charge in [-0.25, -0.2) is 9.97 Å². The van der Waals surface area contributed by atoms with E-state index in [2.05, 4.69) is 41.9 Å². The van der Waals surface area contributed by atoms with E-state index in [4.69, 9.17) is 0 Å². The molecule has 7 nitrogen and oxygen atoms in total. The first-order valence-electron chi connectivity index (χ1n) is 8.82. The number of nitrogens with one attached hydrogen (secondary N) is 1. The number of aromatic nitrogens is 4. The van der Waals surface area contributed by atoms with Gasteiger partial charge in [0.15, 0.2) is 0 Å². The Balaban J connectivity index is 1.41. The van der Waals surface area contributed by atoms with Gasteiger partial charge in [-0.2, -0.15) is 4.98 Å². The molecule has 3 aromatic rings. The third-order valence-electron chi connectivity index (χ3n) is 4.53. The fraction of sp³-hybridized carbons (Fsp3) is 0.316. The average Bonchev–Trinajstić information content (AvgIpc) is 3.30. The van der Waals surface area contributed by atoms with Gasteiger partial charge in [0.1, 0.15) is 11.6 Å². The van der Waals surface area contributed by atoms with Crippen LogP contribution in [0.3, 0.4) is 0 Å². The van der Waals surface area contributed by atoms with E-state index in [1.54, 1.807) is 6.20 Å². The quantitative estimate of drug-likeness (QED) is 0.707. The van der Waals surface area contributed by atoms with Gasteiger partial charge in [-0.3, -0.25) is 0 Å². The highest BCUT2D eigenvalue weighted by molar-refractivity contribution is 5.43. The molecule has 3 heterocycles. The second kappa shape index (κ2) is 7.53. The molecular weight excluding hydrogens is 328 g/mol. The molecule has 1 atom stereocenters. The molecule has 26 heavy (non-hydrogen) atoms. The lowest BCUT2D eigenvalue weighted by molar-refractivity contribution is 0.198. The lowest BCUT2D eigenvalue weighted by Crippen LogP contribution is -2.22. The van der Waals surface area contributed by atoms with Crippen molar-refractivity contribution in [3.63, 3.8) is 0 Å². The summed E-state index contributed by atoms with van der Waals surface area (Å²) in [5.74, 6) is 2.34. The van der Waals surface area contributed by atoms with Crippen LogP contribution in [-0.4, -0.2) is 43.8 Å². The Kier molecular flexibility index (Phi) is 4.79. The Morgan fingerprint density at radius 2 is 2.00 bits per heavy atom. The molecule has 0 radical (unpaired) electrons. The van der Waals surface area contributed by atoms with Crippen LogP contribution in [0.15, 0.2) is 55.0 Å². The molecule has 7 heteroatoms. The molecule has 1 aliphatic heterocycles. The molecule has 1 unspecified atom stereocenters. The van der Waals surface area contributed by atoms with E-state index in [1.807, 2.05) is 36.7 Å². The summed E-state index contributed by atoms with van der Waals surface area (Å²) in [5.41, 5.74) is 1.23. The van der Waals surface area contributed by atoms with Crippen LogP contribution in [0.5, 0.6) is 0 Å². The molecule has 0 spiro atoms. The van der Waals surface area contributed by atoms with Gasteiger partial charge in [-0.15, -0.1) is 0 Å². The Bertz CT molecular complexity index is 850. The van der Waals surface area contributed by atoms with Crippen molar-refractivity contribution in [3.05, 3.63) is 66.4 Å². The standard InChI is InChI=1S/C19H22N6O/c26-16-7-10-24(14-16)17-6-8-21-19(23-17)22-12-18-20-9-11-25(18)13-15-4-2-1-3-5-15/h1-6,8-9,11,16,26H,7,10,12-14H2,(H,21,22,23). The molecule has 0 amide bonds. The van der Waals surface area contributed by atoms with Crippen LogP contribution in [0.1, 0.15) is 17.8 Å². The zero-order valence-electron chi connectivity index (χ0n) is 14.5. The number of nitrogens with zero attached hydrogens (tertiary/aromatic N) is 5. The SMILES string of the molecule is OC1CCN(c2ccnc(NCc3nccn3Cc3ccccc3)n2)C1. The number of rotatable bonds is 6. The van der Waals surface area contributed by atoms with Crippen LogP contribution >= 0.6 is 0 Å². The van der Waals surface area contributed by atoms with Crippen LogP contribution in [0.2, 0.25) is 0 Å². The van der Waals surface area contributed by atoms with Crippen molar-refractivity contribution >= 4 is 11.8 Å². The molecule has 2 aromatic heterocycles. The Hall–Kier alpha value is -2.93. The van der Waals surface area contributed by atoms with E-state index in [0.29, 0.717) is 19.0 Å². The number of hydrogen-bond acceptors (Lipinski definition) is 6. The van der Waals surface area contributed by atoms with Crippen molar-refractivity contribution in [2.75, 3.05) is 23.3 Å². The van der Waals surface area contributed by atoms with E-state index in [9.17, 15) is 5.11 Å². The minimum Gasteiger partial charge on any atom is -0.391 e. The third-order valence-corrected chi connectivity index (χ3v) is 4.53. The van der Waals surface area contributed by atoms with Gasteiger partial charge in [-0.1, -0.05) is 30.3 Å². The third kappa shape index (κ3) is 3.83. The van der Waals surface area contributed by atoms with E-state index in [1.165, 1.54) is 5.56 Å². The first-order valence-corrected chi connectivity index (χ1v) is 8.82. The van der Waals surface area contributed by atoms with Gasteiger partial charge in [0.2, 0.25) is 5.95 Å². The molecule has 4 rings (SSSR count). The Morgan fingerprint density at radius 3 is 2.81 bits per heavy atom. The smallest absolute Gasteiger partial charge is 0.224 e. The summed E-state index contributed by atoms with van der Waals surface area (Å²) >= 11 is 0. The summed E-state index contributed by atoms with van der Waals surface area (Å²) < 4.78 is 2.11. The summed E-state index contributed by atoms with van der Waals surface area (Å²) in [6.45, 7) is 2.77. The monoisotopic (exact) mass is 350 g/mol. The van der Waals surface area contributed by atoms with Crippen molar-refractivity contribution in [3.8, 4) is 0 Å². The topological polar surface area (TPSA) is 79.1 Å². The number of aliphatic hydroxyl groups is 1. The number of hydrogen-bond donors (Lipinski definition) is 2. The molecular formula is C19H22N6O. The number of aliphatic hydroxyl groups excluding tert-OH is 1. The maximum absolute atomic E-state index is 9.70. The molecule has 0 bridgehead atoms. The maximum Gasteiger partial charge on any atom is 0.224 e. The maximum atomic E-state index is 9.70. The van der Waals surface area contributed by atoms with Crippen molar-refractivity contribution in [2.45, 2.75) is 25.6 Å². The van der Waals surface area contributed by atoms with Gasteiger partial charge in [0.25, 0.3) is 0 Å². The summed E-state index contributed by atoms with van der Waals surface area (Å²) in [7, 11) is 0. The highest BCUT2D eigenvalue weighted by atomic mass is 16.3. The number of benzene rings is 1. The molecule has 1 aliphatic rings. The highest BCUT2D eigenvalue weighted by Gasteiger charge is 2.21. The predicted octanol–water partition coefficient (Wildman–Crippen LogP) is 1.90. The lowest BCUT2D eigenvalue weighted by Gasteiger charge is -2.17. The normalized spacial score (nSPS) is 16.8. The minimum absolute atomic E-state index is 0.271. The highest BCUT2D eigenvalue weighted by Crippen LogP contribution is 2.18. The van der Waals surface area contributed by atoms with E-state index in [0.717, 1.165) is 31.2 Å². The van der Waals surface area contributed by atoms with Gasteiger partial charge in [0.05, 0.1) is 12.6 Å². The summed E-state index contributed by atoms with van der Waals surface area (Å²) in [6.07, 6.45) is 6.04. The van der Waals surface area contributed by atoms with E-state index < -0.39 is 0 Å². The zero-order valence-corrected chi connectivity index (χ0v) is 14.5. The first kappa shape index (κ1) is 16.5. The minimum atomic E-state index is -0.271. The fourth-order valence-electron chi connectivity index (χ4n) is 3.15. The largest absolute Gasteiger partial charge is 0.391 e. The van der Waals surface area contributed by atoms with Crippen molar-refractivity contribution < 1.29 is 5.11 Å². The molecule has 1 saturated heterocycles. The van der Waals surface area contributed by atoms with Gasteiger partial charge in [-0.05, 0) is 18.1 Å². The number of imidazole rings is 1. The Morgan fingerprint density at radius 1 is 1.12 bits per heavy atom. The van der Waals surface area contributed by atoms with Gasteiger partial charge >= 0.3 is 0 Å². The summed E-state index contributed by atoms with van der Waals surface area (Å²) in [6, 6.07) is 12.2. The zero-order chi connectivity index (χ0) is 17.8. The predicted molar refractivity (Wildman–Crippen MR) is 100.0 cm³/mol. The van der Waals surface area contributed by atoms with Crippen LogP contribution in [0.25, 0.3) is 0 Å². The second-order valence-electron chi connectivity index (χ2n) is 6.44. The number of β-amino-alcohol motifs (C(OH)–C–C–N with tert-alkyl or cyclic N) is 1. The Labute approximate surface area is 152 Å². The molecule has 134 valence electrons. The molecule has 0 saturated carbocycles. The molecule has 0 aliphatic carbocycles. The van der Waals surface area contributed by atoms with Gasteiger partial charge < -0.3 is 19.9 Å². The fourth-order valence-corrected chi connectivity index (χ4v) is 3.15. The van der Waals surface area contributed by atoms with Gasteiger partial charge in [0, 0.05) is 38.2 Å². The number of anilines is 2. The summed E-state index contributed by atoms with van der Waals surface area (Å²) in [4.78, 5) is 15.4. The average molecular weight is 350 g/mol.